The Balaban J connectivity index is 2.48. The normalized spacial score (nSPS) is 19.9. The van der Waals surface area contributed by atoms with Crippen LogP contribution in [-0.2, 0) is 13.0 Å². The molecule has 1 aliphatic heterocycles. The van der Waals surface area contributed by atoms with E-state index in [1.807, 2.05) is 0 Å². The Labute approximate surface area is 85.7 Å². The summed E-state index contributed by atoms with van der Waals surface area (Å²) in [6.07, 6.45) is 1.16. The molecule has 0 aliphatic carbocycles. The van der Waals surface area contributed by atoms with Gasteiger partial charge in [0.15, 0.2) is 0 Å². The van der Waals surface area contributed by atoms with Crippen molar-refractivity contribution in [3.8, 4) is 0 Å². The third-order valence-electron chi connectivity index (χ3n) is 3.10. The summed E-state index contributed by atoms with van der Waals surface area (Å²) in [7, 11) is 0. The van der Waals surface area contributed by atoms with Gasteiger partial charge in [0.05, 0.1) is 0 Å². The van der Waals surface area contributed by atoms with Crippen molar-refractivity contribution in [3.63, 3.8) is 0 Å². The number of benzene rings is 1. The first-order valence-electron chi connectivity index (χ1n) is 5.35. The van der Waals surface area contributed by atoms with E-state index in [9.17, 15) is 0 Å². The zero-order chi connectivity index (χ0) is 10.1. The quantitative estimate of drug-likeness (QED) is 0.772. The lowest BCUT2D eigenvalue weighted by Gasteiger charge is -2.24. The van der Waals surface area contributed by atoms with Crippen LogP contribution in [0.2, 0.25) is 0 Å². The second-order valence-corrected chi connectivity index (χ2v) is 3.97. The summed E-state index contributed by atoms with van der Waals surface area (Å²) in [6.45, 7) is 6.21. The number of para-hydroxylation sites is 1. The van der Waals surface area contributed by atoms with Gasteiger partial charge in [0.1, 0.15) is 0 Å². The smallest absolute Gasteiger partial charge is 0.0447 e. The Hall–Kier alpha value is -1.02. The van der Waals surface area contributed by atoms with E-state index >= 15 is 0 Å². The van der Waals surface area contributed by atoms with E-state index in [4.69, 9.17) is 5.73 Å². The fraction of sp³-hybridized carbons (Fsp3) is 0.500. The molecule has 2 rings (SSSR count). The van der Waals surface area contributed by atoms with Gasteiger partial charge in [-0.1, -0.05) is 18.2 Å². The molecular formula is C12H18N2. The molecule has 2 N–H and O–H groups in total. The highest BCUT2D eigenvalue weighted by molar-refractivity contribution is 5.64. The molecular weight excluding hydrogens is 172 g/mol. The van der Waals surface area contributed by atoms with Crippen molar-refractivity contribution in [2.45, 2.75) is 32.9 Å². The molecule has 1 atom stereocenters. The number of nitrogens with two attached hydrogens (primary N) is 1. The van der Waals surface area contributed by atoms with Crippen LogP contribution in [0.1, 0.15) is 25.0 Å². The van der Waals surface area contributed by atoms with Crippen molar-refractivity contribution >= 4 is 5.69 Å². The van der Waals surface area contributed by atoms with Gasteiger partial charge in [-0.25, -0.2) is 0 Å². The van der Waals surface area contributed by atoms with Crippen LogP contribution in [0.4, 0.5) is 5.69 Å². The lowest BCUT2D eigenvalue weighted by atomic mass is 10.1. The summed E-state index contributed by atoms with van der Waals surface area (Å²) in [4.78, 5) is 2.46. The van der Waals surface area contributed by atoms with Gasteiger partial charge in [0, 0.05) is 24.8 Å². The number of hydrogen-bond acceptors (Lipinski definition) is 2. The first-order valence-corrected chi connectivity index (χ1v) is 5.35. The van der Waals surface area contributed by atoms with Crippen LogP contribution in [0.25, 0.3) is 0 Å². The van der Waals surface area contributed by atoms with Crippen molar-refractivity contribution in [1.29, 1.82) is 0 Å². The van der Waals surface area contributed by atoms with E-state index in [1.165, 1.54) is 16.8 Å². The van der Waals surface area contributed by atoms with Crippen molar-refractivity contribution < 1.29 is 0 Å². The molecule has 0 radical (unpaired) electrons. The number of hydrogen-bond donors (Lipinski definition) is 1. The van der Waals surface area contributed by atoms with Gasteiger partial charge in [-0.05, 0) is 31.4 Å². The topological polar surface area (TPSA) is 29.3 Å². The van der Waals surface area contributed by atoms with Crippen LogP contribution in [0.3, 0.4) is 0 Å². The average Bonchev–Trinajstić information content (AvgIpc) is 2.52. The molecule has 0 aromatic heterocycles. The monoisotopic (exact) mass is 190 g/mol. The molecule has 1 unspecified atom stereocenters. The van der Waals surface area contributed by atoms with Crippen molar-refractivity contribution in [1.82, 2.24) is 0 Å². The molecule has 0 saturated heterocycles. The molecule has 14 heavy (non-hydrogen) atoms. The lowest BCUT2D eigenvalue weighted by molar-refractivity contribution is 0.689. The summed E-state index contributed by atoms with van der Waals surface area (Å²) in [5, 5.41) is 0. The third kappa shape index (κ3) is 1.30. The van der Waals surface area contributed by atoms with Gasteiger partial charge in [0.2, 0.25) is 0 Å². The predicted octanol–water partition coefficient (Wildman–Crippen LogP) is 1.92. The van der Waals surface area contributed by atoms with Crippen LogP contribution in [-0.4, -0.2) is 12.6 Å². The van der Waals surface area contributed by atoms with E-state index in [0.29, 0.717) is 12.6 Å². The number of anilines is 1. The summed E-state index contributed by atoms with van der Waals surface area (Å²) >= 11 is 0. The van der Waals surface area contributed by atoms with Crippen LogP contribution in [0.5, 0.6) is 0 Å². The standard InChI is InChI=1S/C12H18N2/c1-3-14-9(2)7-10-5-4-6-11(8-13)12(10)14/h4-6,9H,3,7-8,13H2,1-2H3. The molecule has 0 fully saturated rings. The second kappa shape index (κ2) is 3.62. The van der Waals surface area contributed by atoms with Gasteiger partial charge in [0.25, 0.3) is 0 Å². The number of fused-ring (bicyclic) bond motifs is 1. The van der Waals surface area contributed by atoms with Crippen LogP contribution < -0.4 is 10.6 Å². The van der Waals surface area contributed by atoms with Crippen LogP contribution >= 0.6 is 0 Å². The largest absolute Gasteiger partial charge is 0.368 e. The minimum Gasteiger partial charge on any atom is -0.368 e. The SMILES string of the molecule is CCN1c2c(CN)cccc2CC1C. The molecule has 2 heteroatoms. The summed E-state index contributed by atoms with van der Waals surface area (Å²) in [6, 6.07) is 7.11. The van der Waals surface area contributed by atoms with E-state index in [1.54, 1.807) is 0 Å². The minimum absolute atomic E-state index is 0.627. The van der Waals surface area contributed by atoms with Gasteiger partial charge in [-0.3, -0.25) is 0 Å². The predicted molar refractivity (Wildman–Crippen MR) is 60.5 cm³/mol. The molecule has 0 saturated carbocycles. The Bertz CT molecular complexity index is 333. The van der Waals surface area contributed by atoms with Gasteiger partial charge >= 0.3 is 0 Å². The minimum atomic E-state index is 0.627. The zero-order valence-electron chi connectivity index (χ0n) is 8.96. The number of nitrogens with zero attached hydrogens (tertiary/aromatic N) is 1. The highest BCUT2D eigenvalue weighted by atomic mass is 15.2. The molecule has 1 aliphatic rings. The molecule has 2 nitrogen and oxygen atoms in total. The van der Waals surface area contributed by atoms with E-state index < -0.39 is 0 Å². The molecule has 1 aromatic carbocycles. The third-order valence-corrected chi connectivity index (χ3v) is 3.10. The van der Waals surface area contributed by atoms with Crippen LogP contribution in [0.15, 0.2) is 18.2 Å². The second-order valence-electron chi connectivity index (χ2n) is 3.97. The highest BCUT2D eigenvalue weighted by Crippen LogP contribution is 2.34. The Morgan fingerprint density at radius 2 is 2.29 bits per heavy atom. The number of rotatable bonds is 2. The zero-order valence-corrected chi connectivity index (χ0v) is 8.96. The van der Waals surface area contributed by atoms with Gasteiger partial charge < -0.3 is 10.6 Å². The Morgan fingerprint density at radius 1 is 1.50 bits per heavy atom. The fourth-order valence-corrected chi connectivity index (χ4v) is 2.46. The average molecular weight is 190 g/mol. The molecule has 1 heterocycles. The maximum Gasteiger partial charge on any atom is 0.0447 e. The summed E-state index contributed by atoms with van der Waals surface area (Å²) in [5.74, 6) is 0. The summed E-state index contributed by atoms with van der Waals surface area (Å²) < 4.78 is 0. The fourth-order valence-electron chi connectivity index (χ4n) is 2.46. The molecule has 0 bridgehead atoms. The van der Waals surface area contributed by atoms with Crippen molar-refractivity contribution in [2.75, 3.05) is 11.4 Å². The maximum absolute atomic E-state index is 5.76. The highest BCUT2D eigenvalue weighted by Gasteiger charge is 2.26. The molecule has 76 valence electrons. The van der Waals surface area contributed by atoms with Crippen LogP contribution in [0, 0.1) is 0 Å². The first kappa shape index (κ1) is 9.53. The van der Waals surface area contributed by atoms with Gasteiger partial charge in [-0.15, -0.1) is 0 Å². The molecule has 0 amide bonds. The number of likely N-dealkylation sites (N-methyl/N-ethyl adjacent to an activating group) is 1. The lowest BCUT2D eigenvalue weighted by Crippen LogP contribution is -2.29. The maximum atomic E-state index is 5.76. The first-order chi connectivity index (χ1) is 6.77. The van der Waals surface area contributed by atoms with E-state index in [0.717, 1.165) is 13.0 Å². The van der Waals surface area contributed by atoms with Crippen molar-refractivity contribution in [3.05, 3.63) is 29.3 Å². The summed E-state index contributed by atoms with van der Waals surface area (Å²) in [5.41, 5.74) is 9.90. The van der Waals surface area contributed by atoms with E-state index in [-0.39, 0.29) is 0 Å². The Kier molecular flexibility index (Phi) is 2.46. The van der Waals surface area contributed by atoms with E-state index in [2.05, 4.69) is 36.9 Å². The van der Waals surface area contributed by atoms with Gasteiger partial charge in [-0.2, -0.15) is 0 Å². The Morgan fingerprint density at radius 3 is 2.93 bits per heavy atom. The molecule has 1 aromatic rings. The van der Waals surface area contributed by atoms with Crippen molar-refractivity contribution in [2.24, 2.45) is 5.73 Å². The molecule has 0 spiro atoms.